The third-order valence-electron chi connectivity index (χ3n) is 3.59. The SMILES string of the molecule is COC(C)c1cccc(-c2nc(N)c3cnn(C)c3n2)c1. The molecule has 0 bridgehead atoms. The van der Waals surface area contributed by atoms with Crippen LogP contribution in [0.1, 0.15) is 18.6 Å². The Bertz CT molecular complexity index is 796. The lowest BCUT2D eigenvalue weighted by Crippen LogP contribution is -2.01. The molecule has 0 amide bonds. The fourth-order valence-electron chi connectivity index (χ4n) is 2.24. The van der Waals surface area contributed by atoms with Crippen molar-refractivity contribution in [3.8, 4) is 11.4 Å². The first kappa shape index (κ1) is 13.5. The van der Waals surface area contributed by atoms with Crippen molar-refractivity contribution in [2.45, 2.75) is 13.0 Å². The van der Waals surface area contributed by atoms with Crippen LogP contribution in [0.25, 0.3) is 22.4 Å². The van der Waals surface area contributed by atoms with E-state index in [-0.39, 0.29) is 6.10 Å². The fourth-order valence-corrected chi connectivity index (χ4v) is 2.24. The van der Waals surface area contributed by atoms with Crippen molar-refractivity contribution in [3.63, 3.8) is 0 Å². The lowest BCUT2D eigenvalue weighted by atomic mass is 10.1. The van der Waals surface area contributed by atoms with Crippen molar-refractivity contribution in [1.82, 2.24) is 19.7 Å². The molecule has 0 radical (unpaired) electrons. The number of anilines is 1. The van der Waals surface area contributed by atoms with Gasteiger partial charge in [-0.3, -0.25) is 4.68 Å². The Morgan fingerprint density at radius 2 is 2.10 bits per heavy atom. The molecule has 21 heavy (non-hydrogen) atoms. The first-order chi connectivity index (χ1) is 10.1. The fraction of sp³-hybridized carbons (Fsp3) is 0.267. The minimum absolute atomic E-state index is 0.0164. The Balaban J connectivity index is 2.14. The number of methoxy groups -OCH3 is 1. The molecule has 108 valence electrons. The molecule has 0 aliphatic carbocycles. The molecule has 2 N–H and O–H groups in total. The Labute approximate surface area is 122 Å². The van der Waals surface area contributed by atoms with E-state index in [2.05, 4.69) is 15.1 Å². The van der Waals surface area contributed by atoms with Gasteiger partial charge in [0.15, 0.2) is 11.5 Å². The van der Waals surface area contributed by atoms with Crippen LogP contribution in [0, 0.1) is 0 Å². The monoisotopic (exact) mass is 283 g/mol. The van der Waals surface area contributed by atoms with Crippen LogP contribution in [0.2, 0.25) is 0 Å². The summed E-state index contributed by atoms with van der Waals surface area (Å²) in [4.78, 5) is 8.94. The summed E-state index contributed by atoms with van der Waals surface area (Å²) in [6.45, 7) is 2.00. The molecule has 6 nitrogen and oxygen atoms in total. The number of hydrogen-bond donors (Lipinski definition) is 1. The number of aryl methyl sites for hydroxylation is 1. The predicted molar refractivity (Wildman–Crippen MR) is 81.6 cm³/mol. The van der Waals surface area contributed by atoms with Crippen LogP contribution in [0.15, 0.2) is 30.5 Å². The molecule has 0 aliphatic rings. The summed E-state index contributed by atoms with van der Waals surface area (Å²) in [5.41, 5.74) is 8.71. The lowest BCUT2D eigenvalue weighted by molar-refractivity contribution is 0.119. The summed E-state index contributed by atoms with van der Waals surface area (Å²) in [6.07, 6.45) is 1.69. The zero-order chi connectivity index (χ0) is 15.0. The minimum atomic E-state index is 0.0164. The van der Waals surface area contributed by atoms with Crippen LogP contribution < -0.4 is 5.73 Å². The van der Waals surface area contributed by atoms with Crippen LogP contribution in [0.4, 0.5) is 5.82 Å². The molecule has 3 aromatic rings. The van der Waals surface area contributed by atoms with Crippen molar-refractivity contribution in [3.05, 3.63) is 36.0 Å². The van der Waals surface area contributed by atoms with Gasteiger partial charge in [0, 0.05) is 19.7 Å². The first-order valence-electron chi connectivity index (χ1n) is 6.68. The molecule has 0 aliphatic heterocycles. The maximum absolute atomic E-state index is 6.00. The van der Waals surface area contributed by atoms with Gasteiger partial charge in [-0.15, -0.1) is 0 Å². The van der Waals surface area contributed by atoms with Gasteiger partial charge < -0.3 is 10.5 Å². The average molecular weight is 283 g/mol. The molecule has 6 heteroatoms. The summed E-state index contributed by atoms with van der Waals surface area (Å²) >= 11 is 0. The van der Waals surface area contributed by atoms with E-state index in [1.54, 1.807) is 18.0 Å². The first-order valence-corrected chi connectivity index (χ1v) is 6.68. The van der Waals surface area contributed by atoms with Gasteiger partial charge in [0.1, 0.15) is 5.82 Å². The number of nitrogens with zero attached hydrogens (tertiary/aromatic N) is 4. The molecule has 3 rings (SSSR count). The highest BCUT2D eigenvalue weighted by molar-refractivity contribution is 5.86. The number of nitrogen functional groups attached to an aromatic ring is 1. The largest absolute Gasteiger partial charge is 0.383 e. The molecule has 2 aromatic heterocycles. The van der Waals surface area contributed by atoms with Crippen LogP contribution in [0.5, 0.6) is 0 Å². The summed E-state index contributed by atoms with van der Waals surface area (Å²) in [5.74, 6) is 1.03. The number of nitrogens with two attached hydrogens (primary N) is 1. The van der Waals surface area contributed by atoms with Gasteiger partial charge in [-0.1, -0.05) is 18.2 Å². The van der Waals surface area contributed by atoms with E-state index in [9.17, 15) is 0 Å². The van der Waals surface area contributed by atoms with Gasteiger partial charge >= 0.3 is 0 Å². The predicted octanol–water partition coefficient (Wildman–Crippen LogP) is 2.32. The highest BCUT2D eigenvalue weighted by atomic mass is 16.5. The molecule has 0 fully saturated rings. The minimum Gasteiger partial charge on any atom is -0.383 e. The number of benzene rings is 1. The van der Waals surface area contributed by atoms with Gasteiger partial charge in [0.25, 0.3) is 0 Å². The van der Waals surface area contributed by atoms with E-state index in [1.165, 1.54) is 0 Å². The number of ether oxygens (including phenoxy) is 1. The number of hydrogen-bond acceptors (Lipinski definition) is 5. The van der Waals surface area contributed by atoms with E-state index in [1.807, 2.05) is 38.2 Å². The Kier molecular flexibility index (Phi) is 3.31. The molecule has 0 saturated heterocycles. The number of aromatic nitrogens is 4. The Hall–Kier alpha value is -2.47. The van der Waals surface area contributed by atoms with Crippen LogP contribution in [0.3, 0.4) is 0 Å². The molecule has 2 heterocycles. The highest BCUT2D eigenvalue weighted by Crippen LogP contribution is 2.25. The maximum Gasteiger partial charge on any atom is 0.163 e. The van der Waals surface area contributed by atoms with Gasteiger partial charge in [0.2, 0.25) is 0 Å². The van der Waals surface area contributed by atoms with Gasteiger partial charge in [0.05, 0.1) is 17.7 Å². The van der Waals surface area contributed by atoms with E-state index < -0.39 is 0 Å². The summed E-state index contributed by atoms with van der Waals surface area (Å²) in [7, 11) is 3.52. The third-order valence-corrected chi connectivity index (χ3v) is 3.59. The number of fused-ring (bicyclic) bond motifs is 1. The van der Waals surface area contributed by atoms with Crippen LogP contribution >= 0.6 is 0 Å². The summed E-state index contributed by atoms with van der Waals surface area (Å²) in [6, 6.07) is 7.96. The molecular formula is C15H17N5O. The lowest BCUT2D eigenvalue weighted by Gasteiger charge is -2.11. The number of rotatable bonds is 3. The zero-order valence-electron chi connectivity index (χ0n) is 12.2. The van der Waals surface area contributed by atoms with Crippen molar-refractivity contribution in [2.75, 3.05) is 12.8 Å². The topological polar surface area (TPSA) is 78.9 Å². The third kappa shape index (κ3) is 2.34. The molecule has 0 saturated carbocycles. The molecule has 1 aromatic carbocycles. The zero-order valence-corrected chi connectivity index (χ0v) is 12.2. The Morgan fingerprint density at radius 1 is 1.29 bits per heavy atom. The van der Waals surface area contributed by atoms with E-state index in [4.69, 9.17) is 10.5 Å². The van der Waals surface area contributed by atoms with Crippen molar-refractivity contribution in [1.29, 1.82) is 0 Å². The van der Waals surface area contributed by atoms with Crippen molar-refractivity contribution in [2.24, 2.45) is 7.05 Å². The molecular weight excluding hydrogens is 266 g/mol. The smallest absolute Gasteiger partial charge is 0.163 e. The highest BCUT2D eigenvalue weighted by Gasteiger charge is 2.12. The Morgan fingerprint density at radius 3 is 2.86 bits per heavy atom. The van der Waals surface area contributed by atoms with Gasteiger partial charge in [-0.2, -0.15) is 5.10 Å². The van der Waals surface area contributed by atoms with Crippen molar-refractivity contribution >= 4 is 16.9 Å². The van der Waals surface area contributed by atoms with Gasteiger partial charge in [-0.05, 0) is 18.6 Å². The van der Waals surface area contributed by atoms with Crippen LogP contribution in [-0.2, 0) is 11.8 Å². The maximum atomic E-state index is 6.00. The molecule has 1 unspecified atom stereocenters. The molecule has 0 spiro atoms. The van der Waals surface area contributed by atoms with Crippen molar-refractivity contribution < 1.29 is 4.74 Å². The average Bonchev–Trinajstić information content (AvgIpc) is 2.88. The van der Waals surface area contributed by atoms with E-state index in [0.29, 0.717) is 11.6 Å². The van der Waals surface area contributed by atoms with E-state index >= 15 is 0 Å². The molecule has 1 atom stereocenters. The van der Waals surface area contributed by atoms with Gasteiger partial charge in [-0.25, -0.2) is 9.97 Å². The second-order valence-electron chi connectivity index (χ2n) is 4.94. The standard InChI is InChI=1S/C15H17N5O/c1-9(21-3)10-5-4-6-11(7-10)14-18-13(16)12-8-17-20(2)15(12)19-14/h4-9H,1-3H3,(H2,16,18,19). The quantitative estimate of drug-likeness (QED) is 0.798. The second-order valence-corrected chi connectivity index (χ2v) is 4.94. The van der Waals surface area contributed by atoms with Crippen LogP contribution in [-0.4, -0.2) is 26.9 Å². The normalized spacial score (nSPS) is 12.7. The summed E-state index contributed by atoms with van der Waals surface area (Å²) in [5, 5.41) is 4.93. The second kappa shape index (κ2) is 5.14. The van der Waals surface area contributed by atoms with E-state index in [0.717, 1.165) is 22.2 Å². The summed E-state index contributed by atoms with van der Waals surface area (Å²) < 4.78 is 7.04.